The number of rotatable bonds is 13. The van der Waals surface area contributed by atoms with E-state index in [1.807, 2.05) is 0 Å². The molecule has 2 aliphatic rings. The van der Waals surface area contributed by atoms with Crippen LogP contribution in [0.4, 0.5) is 5.82 Å². The predicted molar refractivity (Wildman–Crippen MR) is 129 cm³/mol. The summed E-state index contributed by atoms with van der Waals surface area (Å²) in [6.07, 6.45) is -1.87. The third kappa shape index (κ3) is 5.90. The molecular weight excluding hydrogens is 565 g/mol. The van der Waals surface area contributed by atoms with E-state index in [2.05, 4.69) is 41.0 Å². The van der Waals surface area contributed by atoms with Gasteiger partial charge in [0, 0.05) is 6.54 Å². The van der Waals surface area contributed by atoms with Gasteiger partial charge in [0.05, 0.1) is 31.4 Å². The van der Waals surface area contributed by atoms with Crippen molar-refractivity contribution in [1.82, 2.24) is 40.4 Å². The topological polar surface area (TPSA) is 256 Å². The number of anilines is 1. The number of H-pyrrole nitrogens is 1. The molecule has 3 aromatic heterocycles. The summed E-state index contributed by atoms with van der Waals surface area (Å²) in [7, 11) is -5.14. The highest BCUT2D eigenvalue weighted by atomic mass is 35.5. The fourth-order valence-electron chi connectivity index (χ4n) is 4.03. The standard InChI is InChI=1S/C19H27ClN9O9P/c20-18-23-15(21-3-9-1-2-9)10-4-22-29(16(10)24-18)17-14(32)13(31)11(38-17)5-37-19(7-30,39(33,34)35)8-36-6-12-25-27-28-26-12/h4,9,11,13-14,17,30-32H,1-3,5-8H2,(H,21,23,24)(H2,33,34,35)(H,25,26,27,28)/t11-,13-,14-,17-,19-/m1/s1. The van der Waals surface area contributed by atoms with Gasteiger partial charge in [-0.25, -0.2) is 4.68 Å². The van der Waals surface area contributed by atoms with Crippen molar-refractivity contribution in [2.24, 2.45) is 5.92 Å². The van der Waals surface area contributed by atoms with E-state index in [-0.39, 0.29) is 23.4 Å². The first-order valence-corrected chi connectivity index (χ1v) is 13.9. The molecule has 39 heavy (non-hydrogen) atoms. The van der Waals surface area contributed by atoms with Crippen LogP contribution >= 0.6 is 19.2 Å². The van der Waals surface area contributed by atoms with Crippen LogP contribution < -0.4 is 5.32 Å². The van der Waals surface area contributed by atoms with Crippen molar-refractivity contribution < 1.29 is 43.9 Å². The zero-order valence-corrected chi connectivity index (χ0v) is 21.9. The van der Waals surface area contributed by atoms with Crippen LogP contribution in [-0.4, -0.2) is 115 Å². The van der Waals surface area contributed by atoms with Gasteiger partial charge in [0.2, 0.25) is 10.6 Å². The molecule has 0 spiro atoms. The largest absolute Gasteiger partial charge is 0.393 e. The quantitative estimate of drug-likeness (QED) is 0.0884. The van der Waals surface area contributed by atoms with Crippen molar-refractivity contribution in [3.8, 4) is 0 Å². The summed E-state index contributed by atoms with van der Waals surface area (Å²) in [5.41, 5.74) is 0.237. The minimum atomic E-state index is -5.14. The molecule has 0 bridgehead atoms. The van der Waals surface area contributed by atoms with E-state index in [0.29, 0.717) is 23.7 Å². The molecule has 5 atom stereocenters. The number of hydrogen-bond donors (Lipinski definition) is 7. The van der Waals surface area contributed by atoms with E-state index in [9.17, 15) is 29.7 Å². The van der Waals surface area contributed by atoms with Crippen LogP contribution in [0.3, 0.4) is 0 Å². The first-order chi connectivity index (χ1) is 18.6. The van der Waals surface area contributed by atoms with Gasteiger partial charge in [-0.15, -0.1) is 10.2 Å². The molecule has 7 N–H and O–H groups in total. The smallest absolute Gasteiger partial charge is 0.361 e. The summed E-state index contributed by atoms with van der Waals surface area (Å²) in [5, 5.41) is 49.5. The van der Waals surface area contributed by atoms with Crippen LogP contribution in [0.1, 0.15) is 24.9 Å². The summed E-state index contributed by atoms with van der Waals surface area (Å²) in [4.78, 5) is 28.3. The van der Waals surface area contributed by atoms with Gasteiger partial charge in [0.15, 0.2) is 17.7 Å². The number of aliphatic hydroxyl groups is 3. The Morgan fingerprint density at radius 3 is 2.74 bits per heavy atom. The van der Waals surface area contributed by atoms with Crippen LogP contribution in [-0.2, 0) is 25.4 Å². The number of aromatic nitrogens is 8. The lowest BCUT2D eigenvalue weighted by Gasteiger charge is -2.33. The van der Waals surface area contributed by atoms with Gasteiger partial charge in [-0.2, -0.15) is 20.3 Å². The van der Waals surface area contributed by atoms with E-state index in [1.54, 1.807) is 0 Å². The van der Waals surface area contributed by atoms with Crippen molar-refractivity contribution in [2.75, 3.05) is 31.7 Å². The van der Waals surface area contributed by atoms with Crippen LogP contribution in [0, 0.1) is 5.92 Å². The highest BCUT2D eigenvalue weighted by Gasteiger charge is 2.51. The zero-order valence-electron chi connectivity index (χ0n) is 20.2. The van der Waals surface area contributed by atoms with Crippen molar-refractivity contribution in [2.45, 2.75) is 49.3 Å². The van der Waals surface area contributed by atoms with Crippen LogP contribution in [0.15, 0.2) is 6.20 Å². The monoisotopic (exact) mass is 591 g/mol. The Kier molecular flexibility index (Phi) is 8.12. The zero-order chi connectivity index (χ0) is 27.8. The van der Waals surface area contributed by atoms with Crippen LogP contribution in [0.25, 0.3) is 11.0 Å². The molecule has 5 rings (SSSR count). The van der Waals surface area contributed by atoms with E-state index in [4.69, 9.17) is 25.8 Å². The lowest BCUT2D eigenvalue weighted by Crippen LogP contribution is -2.45. The van der Waals surface area contributed by atoms with Gasteiger partial charge in [0.1, 0.15) is 30.7 Å². The third-order valence-corrected chi connectivity index (χ3v) is 8.13. The second-order valence-electron chi connectivity index (χ2n) is 9.32. The van der Waals surface area contributed by atoms with Crippen molar-refractivity contribution >= 4 is 36.0 Å². The number of aliphatic hydroxyl groups excluding tert-OH is 3. The second kappa shape index (κ2) is 11.2. The highest BCUT2D eigenvalue weighted by molar-refractivity contribution is 7.53. The van der Waals surface area contributed by atoms with E-state index in [1.165, 1.54) is 10.9 Å². The number of fused-ring (bicyclic) bond motifs is 1. The molecule has 18 nitrogen and oxygen atoms in total. The van der Waals surface area contributed by atoms with Gasteiger partial charge in [-0.3, -0.25) is 4.57 Å². The summed E-state index contributed by atoms with van der Waals surface area (Å²) in [5.74, 6) is 1.13. The number of nitrogens with one attached hydrogen (secondary N) is 2. The molecule has 3 aromatic rings. The van der Waals surface area contributed by atoms with Crippen molar-refractivity contribution in [3.63, 3.8) is 0 Å². The van der Waals surface area contributed by atoms with Gasteiger partial charge in [-0.1, -0.05) is 5.21 Å². The number of halogens is 1. The molecule has 1 aliphatic carbocycles. The summed E-state index contributed by atoms with van der Waals surface area (Å²) in [6.45, 7) is -2.09. The first-order valence-electron chi connectivity index (χ1n) is 11.9. The number of ether oxygens (including phenoxy) is 3. The molecule has 1 saturated carbocycles. The minimum absolute atomic E-state index is 0.0642. The number of aromatic amines is 1. The summed E-state index contributed by atoms with van der Waals surface area (Å²) < 4.78 is 30.0. The average Bonchev–Trinajstić information content (AvgIpc) is 3.26. The molecule has 0 unspecified atom stereocenters. The van der Waals surface area contributed by atoms with E-state index in [0.717, 1.165) is 12.8 Å². The molecule has 214 valence electrons. The Hall–Kier alpha value is -2.38. The van der Waals surface area contributed by atoms with Crippen LogP contribution in [0.2, 0.25) is 5.28 Å². The molecule has 2 fully saturated rings. The Labute approximate surface area is 224 Å². The van der Waals surface area contributed by atoms with Crippen LogP contribution in [0.5, 0.6) is 0 Å². The fraction of sp³-hybridized carbons (Fsp3) is 0.684. The molecule has 0 amide bonds. The maximum absolute atomic E-state index is 12.3. The van der Waals surface area contributed by atoms with Crippen molar-refractivity contribution in [1.29, 1.82) is 0 Å². The Bertz CT molecular complexity index is 1320. The lowest BCUT2D eigenvalue weighted by atomic mass is 10.1. The normalized spacial score (nSPS) is 25.3. The fourth-order valence-corrected chi connectivity index (χ4v) is 4.88. The minimum Gasteiger partial charge on any atom is -0.393 e. The summed E-state index contributed by atoms with van der Waals surface area (Å²) in [6, 6.07) is 0. The second-order valence-corrected chi connectivity index (χ2v) is 11.6. The van der Waals surface area contributed by atoms with E-state index < -0.39 is 57.3 Å². The number of hydrogen-bond acceptors (Lipinski definition) is 14. The number of tetrazole rings is 1. The molecule has 0 aromatic carbocycles. The molecule has 1 aliphatic heterocycles. The van der Waals surface area contributed by atoms with Gasteiger partial charge in [-0.05, 0) is 30.4 Å². The van der Waals surface area contributed by atoms with Gasteiger partial charge < -0.3 is 44.6 Å². The molecule has 0 radical (unpaired) electrons. The molecular formula is C19H27ClN9O9P. The first kappa shape index (κ1) is 28.2. The van der Waals surface area contributed by atoms with Gasteiger partial charge in [0.25, 0.3) is 0 Å². The SMILES string of the molecule is O=P(O)(O)[C@](CO)(COCc1nn[nH]n1)OC[C@H]1O[C@@H](n2ncc3c(NCC4CC4)nc(Cl)nc32)[C@H](O)[C@@H]1O. The third-order valence-electron chi connectivity index (χ3n) is 6.50. The molecule has 4 heterocycles. The van der Waals surface area contributed by atoms with Gasteiger partial charge >= 0.3 is 7.60 Å². The number of nitrogens with zero attached hydrogens (tertiary/aromatic N) is 7. The maximum atomic E-state index is 12.3. The maximum Gasteiger partial charge on any atom is 0.361 e. The molecule has 20 heteroatoms. The Morgan fingerprint density at radius 1 is 1.28 bits per heavy atom. The Balaban J connectivity index is 1.30. The van der Waals surface area contributed by atoms with Crippen molar-refractivity contribution in [3.05, 3.63) is 17.3 Å². The average molecular weight is 592 g/mol. The van der Waals surface area contributed by atoms with E-state index >= 15 is 0 Å². The lowest BCUT2D eigenvalue weighted by molar-refractivity contribution is -0.131. The molecule has 1 saturated heterocycles. The Morgan fingerprint density at radius 2 is 2.08 bits per heavy atom. The highest BCUT2D eigenvalue weighted by Crippen LogP contribution is 2.51. The predicted octanol–water partition coefficient (Wildman–Crippen LogP) is -1.47. The summed E-state index contributed by atoms with van der Waals surface area (Å²) >= 11 is 6.12.